The average Bonchev–Trinajstić information content (AvgIpc) is 3.14. The van der Waals surface area contributed by atoms with Gasteiger partial charge >= 0.3 is 6.18 Å². The van der Waals surface area contributed by atoms with Crippen molar-refractivity contribution >= 4 is 11.6 Å². The van der Waals surface area contributed by atoms with Crippen molar-refractivity contribution in [2.24, 2.45) is 0 Å². The summed E-state index contributed by atoms with van der Waals surface area (Å²) in [5.74, 6) is -0.741. The topological polar surface area (TPSA) is 41.4 Å². The SMILES string of the molecule is Cc1cc(C(=O)N2CCN(c3ccccc3C(F)(F)F)CC2)n(-c2cccc(F)c2)n1. The number of alkyl halides is 3. The Hall–Kier alpha value is -3.36. The first kappa shape index (κ1) is 20.9. The van der Waals surface area contributed by atoms with Gasteiger partial charge in [-0.1, -0.05) is 18.2 Å². The monoisotopic (exact) mass is 432 g/mol. The van der Waals surface area contributed by atoms with E-state index in [-0.39, 0.29) is 43.5 Å². The molecule has 1 amide bonds. The second kappa shape index (κ2) is 8.05. The van der Waals surface area contributed by atoms with Crippen LogP contribution in [0.4, 0.5) is 23.2 Å². The van der Waals surface area contributed by atoms with Crippen LogP contribution in [0, 0.1) is 12.7 Å². The first-order valence-corrected chi connectivity index (χ1v) is 9.77. The highest BCUT2D eigenvalue weighted by molar-refractivity contribution is 5.93. The van der Waals surface area contributed by atoms with Gasteiger partial charge in [-0.15, -0.1) is 0 Å². The van der Waals surface area contributed by atoms with Crippen LogP contribution in [0.1, 0.15) is 21.7 Å². The van der Waals surface area contributed by atoms with Crippen molar-refractivity contribution in [1.29, 1.82) is 0 Å². The molecule has 5 nitrogen and oxygen atoms in total. The maximum Gasteiger partial charge on any atom is 0.418 e. The van der Waals surface area contributed by atoms with Gasteiger partial charge in [0.25, 0.3) is 5.91 Å². The molecule has 0 radical (unpaired) electrons. The molecule has 0 aliphatic carbocycles. The Labute approximate surface area is 176 Å². The molecule has 1 aromatic heterocycles. The van der Waals surface area contributed by atoms with Gasteiger partial charge in [0.1, 0.15) is 11.5 Å². The lowest BCUT2D eigenvalue weighted by Crippen LogP contribution is -2.49. The number of hydrogen-bond donors (Lipinski definition) is 0. The van der Waals surface area contributed by atoms with Crippen LogP contribution in [-0.2, 0) is 6.18 Å². The number of aromatic nitrogens is 2. The Morgan fingerprint density at radius 2 is 1.68 bits per heavy atom. The smallest absolute Gasteiger partial charge is 0.367 e. The summed E-state index contributed by atoms with van der Waals surface area (Å²) in [6.07, 6.45) is -4.45. The molecule has 0 spiro atoms. The van der Waals surface area contributed by atoms with Crippen molar-refractivity contribution in [2.45, 2.75) is 13.1 Å². The Morgan fingerprint density at radius 3 is 2.35 bits per heavy atom. The molecule has 2 aromatic carbocycles. The number of hydrogen-bond acceptors (Lipinski definition) is 3. The fourth-order valence-electron chi connectivity index (χ4n) is 3.76. The van der Waals surface area contributed by atoms with Crippen molar-refractivity contribution in [2.75, 3.05) is 31.1 Å². The minimum absolute atomic E-state index is 0.114. The number of benzene rings is 2. The summed E-state index contributed by atoms with van der Waals surface area (Å²) in [6.45, 7) is 2.80. The van der Waals surface area contributed by atoms with E-state index in [0.29, 0.717) is 11.4 Å². The van der Waals surface area contributed by atoms with E-state index < -0.39 is 17.6 Å². The average molecular weight is 432 g/mol. The van der Waals surface area contributed by atoms with Crippen molar-refractivity contribution in [1.82, 2.24) is 14.7 Å². The van der Waals surface area contributed by atoms with E-state index >= 15 is 0 Å². The van der Waals surface area contributed by atoms with Gasteiger partial charge in [0.2, 0.25) is 0 Å². The number of carbonyl (C=O) groups is 1. The minimum atomic E-state index is -4.45. The van der Waals surface area contributed by atoms with Gasteiger partial charge in [-0.05, 0) is 43.3 Å². The number of piperazine rings is 1. The van der Waals surface area contributed by atoms with Crippen LogP contribution in [0.15, 0.2) is 54.6 Å². The van der Waals surface area contributed by atoms with E-state index in [1.165, 1.54) is 35.0 Å². The van der Waals surface area contributed by atoms with Gasteiger partial charge < -0.3 is 9.80 Å². The van der Waals surface area contributed by atoms with Crippen LogP contribution in [0.5, 0.6) is 0 Å². The molecule has 162 valence electrons. The van der Waals surface area contributed by atoms with Gasteiger partial charge in [0.05, 0.1) is 16.9 Å². The lowest BCUT2D eigenvalue weighted by Gasteiger charge is -2.37. The third-order valence-corrected chi connectivity index (χ3v) is 5.22. The predicted octanol–water partition coefficient (Wildman–Crippen LogP) is 4.30. The molecule has 9 heteroatoms. The number of para-hydroxylation sites is 1. The summed E-state index contributed by atoms with van der Waals surface area (Å²) in [7, 11) is 0. The summed E-state index contributed by atoms with van der Waals surface area (Å²) in [5.41, 5.74) is 0.740. The van der Waals surface area contributed by atoms with Gasteiger partial charge in [-0.3, -0.25) is 4.79 Å². The summed E-state index contributed by atoms with van der Waals surface area (Å²) in [4.78, 5) is 16.4. The molecule has 0 atom stereocenters. The van der Waals surface area contributed by atoms with E-state index in [0.717, 1.165) is 6.07 Å². The molecular formula is C22H20F4N4O. The number of rotatable bonds is 3. The fourth-order valence-corrected chi connectivity index (χ4v) is 3.76. The van der Waals surface area contributed by atoms with Crippen LogP contribution in [0.3, 0.4) is 0 Å². The second-order valence-electron chi connectivity index (χ2n) is 7.36. The summed E-state index contributed by atoms with van der Waals surface area (Å²) in [5, 5.41) is 4.31. The Kier molecular flexibility index (Phi) is 5.43. The largest absolute Gasteiger partial charge is 0.418 e. The number of anilines is 1. The van der Waals surface area contributed by atoms with Gasteiger partial charge in [0, 0.05) is 31.9 Å². The molecule has 31 heavy (non-hydrogen) atoms. The Bertz CT molecular complexity index is 1100. The molecule has 0 saturated carbocycles. The van der Waals surface area contributed by atoms with Crippen molar-refractivity contribution in [3.8, 4) is 5.69 Å². The number of amides is 1. The van der Waals surface area contributed by atoms with E-state index in [1.54, 1.807) is 34.9 Å². The maximum atomic E-state index is 13.6. The zero-order chi connectivity index (χ0) is 22.2. The molecule has 0 N–H and O–H groups in total. The number of carbonyl (C=O) groups excluding carboxylic acids is 1. The van der Waals surface area contributed by atoms with Crippen molar-refractivity contribution < 1.29 is 22.4 Å². The van der Waals surface area contributed by atoms with Crippen LogP contribution < -0.4 is 4.90 Å². The summed E-state index contributed by atoms with van der Waals surface area (Å²) >= 11 is 0. The van der Waals surface area contributed by atoms with Crippen LogP contribution in [0.2, 0.25) is 0 Å². The van der Waals surface area contributed by atoms with E-state index in [2.05, 4.69) is 5.10 Å². The third-order valence-electron chi connectivity index (χ3n) is 5.22. The highest BCUT2D eigenvalue weighted by atomic mass is 19.4. The number of aryl methyl sites for hydroxylation is 1. The van der Waals surface area contributed by atoms with Crippen LogP contribution in [0.25, 0.3) is 5.69 Å². The Balaban J connectivity index is 1.53. The quantitative estimate of drug-likeness (QED) is 0.580. The Morgan fingerprint density at radius 1 is 0.968 bits per heavy atom. The highest BCUT2D eigenvalue weighted by Crippen LogP contribution is 2.36. The minimum Gasteiger partial charge on any atom is -0.367 e. The normalized spacial score (nSPS) is 14.7. The fraction of sp³-hybridized carbons (Fsp3) is 0.273. The summed E-state index contributed by atoms with van der Waals surface area (Å²) in [6, 6.07) is 12.8. The number of halogens is 4. The highest BCUT2D eigenvalue weighted by Gasteiger charge is 2.35. The number of nitrogens with zero attached hydrogens (tertiary/aromatic N) is 4. The standard InChI is InChI=1S/C22H20F4N4O/c1-15-13-20(30(27-15)17-6-4-5-16(23)14-17)21(31)29-11-9-28(10-12-29)19-8-3-2-7-18(19)22(24,25)26/h2-8,13-14H,9-12H2,1H3. The molecular weight excluding hydrogens is 412 g/mol. The first-order chi connectivity index (χ1) is 14.7. The molecule has 4 rings (SSSR count). The maximum absolute atomic E-state index is 13.6. The van der Waals surface area contributed by atoms with E-state index in [1.807, 2.05) is 0 Å². The molecule has 1 saturated heterocycles. The third kappa shape index (κ3) is 4.26. The van der Waals surface area contributed by atoms with Crippen LogP contribution >= 0.6 is 0 Å². The predicted molar refractivity (Wildman–Crippen MR) is 108 cm³/mol. The van der Waals surface area contributed by atoms with Crippen LogP contribution in [-0.4, -0.2) is 46.8 Å². The molecule has 2 heterocycles. The summed E-state index contributed by atoms with van der Waals surface area (Å²) < 4.78 is 55.1. The lowest BCUT2D eigenvalue weighted by atomic mass is 10.1. The second-order valence-corrected chi connectivity index (χ2v) is 7.36. The van der Waals surface area contributed by atoms with E-state index in [9.17, 15) is 22.4 Å². The zero-order valence-electron chi connectivity index (χ0n) is 16.7. The molecule has 1 aliphatic heterocycles. The van der Waals surface area contributed by atoms with Gasteiger partial charge in [-0.25, -0.2) is 9.07 Å². The molecule has 0 unspecified atom stereocenters. The zero-order valence-corrected chi connectivity index (χ0v) is 16.7. The molecule has 1 fully saturated rings. The van der Waals surface area contributed by atoms with Gasteiger partial charge in [-0.2, -0.15) is 18.3 Å². The molecule has 0 bridgehead atoms. The first-order valence-electron chi connectivity index (χ1n) is 9.77. The van der Waals surface area contributed by atoms with E-state index in [4.69, 9.17) is 0 Å². The van der Waals surface area contributed by atoms with Crippen molar-refractivity contribution in [3.05, 3.63) is 77.4 Å². The van der Waals surface area contributed by atoms with Gasteiger partial charge in [0.15, 0.2) is 0 Å². The lowest BCUT2D eigenvalue weighted by molar-refractivity contribution is -0.137. The molecule has 3 aromatic rings. The molecule has 1 aliphatic rings. The van der Waals surface area contributed by atoms with Crippen molar-refractivity contribution in [3.63, 3.8) is 0 Å².